The predicted octanol–water partition coefficient (Wildman–Crippen LogP) is 5.25. The fraction of sp³-hybridized carbons (Fsp3) is 0.368. The van der Waals surface area contributed by atoms with Gasteiger partial charge in [0.25, 0.3) is 0 Å². The number of ether oxygens (including phenoxy) is 1. The lowest BCUT2D eigenvalue weighted by molar-refractivity contribution is -0.274. The highest BCUT2D eigenvalue weighted by molar-refractivity contribution is 6.30. The zero-order valence-electron chi connectivity index (χ0n) is 14.9. The second kappa shape index (κ2) is 8.41. The maximum Gasteiger partial charge on any atom is 0.573 e. The summed E-state index contributed by atoms with van der Waals surface area (Å²) in [5.41, 5.74) is -0.452. The first kappa shape index (κ1) is 21.7. The van der Waals surface area contributed by atoms with Gasteiger partial charge in [0.05, 0.1) is 11.6 Å². The Morgan fingerprint density at radius 3 is 2.10 bits per heavy atom. The van der Waals surface area contributed by atoms with E-state index >= 15 is 0 Å². The van der Waals surface area contributed by atoms with Crippen LogP contribution in [0, 0.1) is 0 Å². The van der Waals surface area contributed by atoms with Gasteiger partial charge >= 0.3 is 12.5 Å². The van der Waals surface area contributed by atoms with Gasteiger partial charge in [-0.05, 0) is 35.4 Å². The number of nitrogens with one attached hydrogen (secondary N) is 1. The second-order valence-electron chi connectivity index (χ2n) is 6.53. The fourth-order valence-electron chi connectivity index (χ4n) is 3.39. The second-order valence-corrected chi connectivity index (χ2v) is 6.97. The van der Waals surface area contributed by atoms with Crippen molar-refractivity contribution in [2.75, 3.05) is 26.2 Å². The van der Waals surface area contributed by atoms with Crippen LogP contribution in [0.1, 0.15) is 22.7 Å². The quantitative estimate of drug-likeness (QED) is 0.660. The zero-order chi connectivity index (χ0) is 21.2. The summed E-state index contributed by atoms with van der Waals surface area (Å²) >= 11 is 5.79. The van der Waals surface area contributed by atoms with E-state index in [0.29, 0.717) is 31.7 Å². The molecular weight excluding hydrogens is 422 g/mol. The molecule has 0 amide bonds. The Morgan fingerprint density at radius 2 is 1.55 bits per heavy atom. The molecule has 0 bridgehead atoms. The summed E-state index contributed by atoms with van der Waals surface area (Å²) in [7, 11) is 0. The van der Waals surface area contributed by atoms with Gasteiger partial charge in [-0.2, -0.15) is 13.2 Å². The molecule has 3 rings (SSSR count). The molecule has 2 aromatic carbocycles. The Morgan fingerprint density at radius 1 is 0.931 bits per heavy atom. The minimum absolute atomic E-state index is 0.00621. The van der Waals surface area contributed by atoms with Crippen LogP contribution in [-0.2, 0) is 6.18 Å². The smallest absolute Gasteiger partial charge is 0.406 e. The predicted molar refractivity (Wildman–Crippen MR) is 95.9 cm³/mol. The molecule has 0 spiro atoms. The first-order chi connectivity index (χ1) is 13.5. The minimum Gasteiger partial charge on any atom is -0.406 e. The van der Waals surface area contributed by atoms with Crippen molar-refractivity contribution in [2.24, 2.45) is 0 Å². The third kappa shape index (κ3) is 5.55. The Labute approximate surface area is 168 Å². The van der Waals surface area contributed by atoms with E-state index in [9.17, 15) is 26.3 Å². The van der Waals surface area contributed by atoms with Crippen molar-refractivity contribution >= 4 is 11.6 Å². The van der Waals surface area contributed by atoms with Crippen molar-refractivity contribution in [1.82, 2.24) is 10.2 Å². The third-order valence-electron chi connectivity index (χ3n) is 4.56. The highest BCUT2D eigenvalue weighted by Crippen LogP contribution is 2.40. The van der Waals surface area contributed by atoms with Gasteiger partial charge in [-0.3, -0.25) is 4.90 Å². The summed E-state index contributed by atoms with van der Waals surface area (Å²) in [4.78, 5) is 1.86. The molecule has 0 aromatic heterocycles. The van der Waals surface area contributed by atoms with Gasteiger partial charge in [-0.25, -0.2) is 0 Å². The number of alkyl halides is 6. The SMILES string of the molecule is FC(F)(F)Oc1ccc([C@H](c2ccc(Cl)cc2C(F)(F)F)N2CCNCC2)cc1. The van der Waals surface area contributed by atoms with Crippen molar-refractivity contribution in [3.05, 3.63) is 64.2 Å². The average Bonchev–Trinajstić information content (AvgIpc) is 2.63. The zero-order valence-corrected chi connectivity index (χ0v) is 15.7. The molecule has 1 saturated heterocycles. The minimum atomic E-state index is -4.85. The molecule has 1 heterocycles. The number of hydrogen-bond acceptors (Lipinski definition) is 3. The average molecular weight is 439 g/mol. The maximum atomic E-state index is 13.7. The van der Waals surface area contributed by atoms with E-state index in [1.165, 1.54) is 24.3 Å². The van der Waals surface area contributed by atoms with Gasteiger partial charge in [0.15, 0.2) is 0 Å². The van der Waals surface area contributed by atoms with Gasteiger partial charge < -0.3 is 10.1 Å². The van der Waals surface area contributed by atoms with Crippen LogP contribution < -0.4 is 10.1 Å². The highest BCUT2D eigenvalue weighted by Gasteiger charge is 2.38. The molecule has 0 aliphatic carbocycles. The number of rotatable bonds is 4. The normalized spacial score (nSPS) is 17.2. The molecule has 1 N–H and O–H groups in total. The third-order valence-corrected chi connectivity index (χ3v) is 4.80. The van der Waals surface area contributed by atoms with Crippen LogP contribution in [0.25, 0.3) is 0 Å². The summed E-state index contributed by atoms with van der Waals surface area (Å²) in [5, 5.41) is 3.08. The van der Waals surface area contributed by atoms with E-state index in [4.69, 9.17) is 11.6 Å². The number of halogens is 7. The van der Waals surface area contributed by atoms with Crippen LogP contribution in [0.4, 0.5) is 26.3 Å². The summed E-state index contributed by atoms with van der Waals surface area (Å²) in [6, 6.07) is 7.66. The largest absolute Gasteiger partial charge is 0.573 e. The van der Waals surface area contributed by atoms with Gasteiger partial charge in [0.2, 0.25) is 0 Å². The number of piperazine rings is 1. The maximum absolute atomic E-state index is 13.7. The summed E-state index contributed by atoms with van der Waals surface area (Å²) in [6.45, 7) is 2.12. The molecule has 158 valence electrons. The number of nitrogens with zero attached hydrogens (tertiary/aromatic N) is 1. The summed E-state index contributed by atoms with van der Waals surface area (Å²) in [6.07, 6.45) is -9.48. The molecule has 1 fully saturated rings. The summed E-state index contributed by atoms with van der Waals surface area (Å²) in [5.74, 6) is -0.438. The molecule has 0 radical (unpaired) electrons. The Hall–Kier alpha value is -1.97. The highest BCUT2D eigenvalue weighted by atomic mass is 35.5. The molecule has 10 heteroatoms. The van der Waals surface area contributed by atoms with E-state index in [1.54, 1.807) is 0 Å². The molecule has 2 aromatic rings. The van der Waals surface area contributed by atoms with Crippen LogP contribution in [0.5, 0.6) is 5.75 Å². The van der Waals surface area contributed by atoms with Crippen LogP contribution in [-0.4, -0.2) is 37.4 Å². The molecule has 1 atom stereocenters. The lowest BCUT2D eigenvalue weighted by Gasteiger charge is -2.36. The van der Waals surface area contributed by atoms with Gasteiger partial charge in [-0.15, -0.1) is 13.2 Å². The van der Waals surface area contributed by atoms with E-state index in [-0.39, 0.29) is 10.6 Å². The van der Waals surface area contributed by atoms with E-state index < -0.39 is 29.9 Å². The lowest BCUT2D eigenvalue weighted by atomic mass is 9.92. The molecule has 29 heavy (non-hydrogen) atoms. The molecular formula is C19H17ClF6N2O. The molecule has 0 saturated carbocycles. The van der Waals surface area contributed by atoms with E-state index in [1.807, 2.05) is 4.90 Å². The first-order valence-corrected chi connectivity index (χ1v) is 9.09. The van der Waals surface area contributed by atoms with Crippen molar-refractivity contribution in [1.29, 1.82) is 0 Å². The first-order valence-electron chi connectivity index (χ1n) is 8.72. The van der Waals surface area contributed by atoms with Crippen LogP contribution in [0.3, 0.4) is 0 Å². The monoisotopic (exact) mass is 438 g/mol. The molecule has 0 unspecified atom stereocenters. The number of benzene rings is 2. The van der Waals surface area contributed by atoms with Crippen molar-refractivity contribution in [3.63, 3.8) is 0 Å². The molecule has 1 aliphatic heterocycles. The Balaban J connectivity index is 2.05. The standard InChI is InChI=1S/C19H17ClF6N2O/c20-13-3-6-15(16(11-13)18(21,22)23)17(28-9-7-27-8-10-28)12-1-4-14(5-2-12)29-19(24,25)26/h1-6,11,17,27H,7-10H2/t17-/m1/s1. The summed E-state index contributed by atoms with van der Waals surface area (Å²) < 4.78 is 82.1. The molecule has 3 nitrogen and oxygen atoms in total. The van der Waals surface area contributed by atoms with Crippen molar-refractivity contribution in [2.45, 2.75) is 18.6 Å². The van der Waals surface area contributed by atoms with Gasteiger partial charge in [0, 0.05) is 31.2 Å². The van der Waals surface area contributed by atoms with Crippen molar-refractivity contribution < 1.29 is 31.1 Å². The van der Waals surface area contributed by atoms with E-state index in [0.717, 1.165) is 18.2 Å². The van der Waals surface area contributed by atoms with Crippen LogP contribution >= 0.6 is 11.6 Å². The lowest BCUT2D eigenvalue weighted by Crippen LogP contribution is -2.45. The fourth-order valence-corrected chi connectivity index (χ4v) is 3.56. The topological polar surface area (TPSA) is 24.5 Å². The van der Waals surface area contributed by atoms with Gasteiger partial charge in [0.1, 0.15) is 5.75 Å². The Kier molecular flexibility index (Phi) is 6.30. The Bertz CT molecular complexity index is 832. The van der Waals surface area contributed by atoms with Crippen LogP contribution in [0.15, 0.2) is 42.5 Å². The van der Waals surface area contributed by atoms with Crippen LogP contribution in [0.2, 0.25) is 5.02 Å². The van der Waals surface area contributed by atoms with Gasteiger partial charge in [-0.1, -0.05) is 29.8 Å². The molecule has 1 aliphatic rings. The van der Waals surface area contributed by atoms with E-state index in [2.05, 4.69) is 10.1 Å². The van der Waals surface area contributed by atoms with Crippen molar-refractivity contribution in [3.8, 4) is 5.75 Å². The number of hydrogen-bond donors (Lipinski definition) is 1.